The van der Waals surface area contributed by atoms with E-state index in [2.05, 4.69) is 34.3 Å². The fourth-order valence-electron chi connectivity index (χ4n) is 6.87. The number of nitrogens with zero attached hydrogens (tertiary/aromatic N) is 1. The van der Waals surface area contributed by atoms with E-state index in [1.54, 1.807) is 6.07 Å². The summed E-state index contributed by atoms with van der Waals surface area (Å²) in [6.45, 7) is 16.8. The number of aliphatic carboxylic acids is 1. The second-order valence-corrected chi connectivity index (χ2v) is 14.4. The number of ether oxygens (including phenoxy) is 1. The lowest BCUT2D eigenvalue weighted by Crippen LogP contribution is -2.22. The highest BCUT2D eigenvalue weighted by atomic mass is 19.1. The summed E-state index contributed by atoms with van der Waals surface area (Å²) >= 11 is 0. The summed E-state index contributed by atoms with van der Waals surface area (Å²) in [5, 5.41) is 9.49. The van der Waals surface area contributed by atoms with Gasteiger partial charge in [0.05, 0.1) is 12.5 Å². The minimum Gasteiger partial charge on any atom is -0.490 e. The van der Waals surface area contributed by atoms with Crippen molar-refractivity contribution in [2.45, 2.75) is 118 Å². The molecule has 2 aliphatic carbocycles. The third-order valence-corrected chi connectivity index (χ3v) is 9.92. The Hall–Kier alpha value is -3.41. The van der Waals surface area contributed by atoms with Crippen molar-refractivity contribution in [2.24, 2.45) is 17.3 Å². The van der Waals surface area contributed by atoms with Crippen LogP contribution in [0.4, 0.5) is 4.39 Å². The lowest BCUT2D eigenvalue weighted by Gasteiger charge is -2.29. The van der Waals surface area contributed by atoms with E-state index in [9.17, 15) is 14.7 Å². The first-order valence-corrected chi connectivity index (χ1v) is 17.7. The molecule has 0 saturated heterocycles. The number of carbonyl (C=O) groups excluding carboxylic acids is 1. The van der Waals surface area contributed by atoms with E-state index < -0.39 is 5.97 Å². The lowest BCUT2D eigenvalue weighted by molar-refractivity contribution is -0.136. The van der Waals surface area contributed by atoms with Crippen LogP contribution >= 0.6 is 0 Å². The standard InChI is InChI=1S/C39H52FNO4.C2H6/c1-8-39(4,5)23-26(3)35(42)21-27-15-17-30(20-27)45-36-18-16-29(33(24-41(6)7)25(2)19-37(43)44)22-32(36)31-13-10-14-34(40)38(31)28-11-9-12-28;1-2/h10,13-14,16,18,22,24,26-28,30H,2,8-9,11-12,15,17,19-21,23H2,1,3-7H3,(H,43,44);1-2H3/b33-24+;/t26-,27+,30+;/m0./s1. The van der Waals surface area contributed by atoms with Gasteiger partial charge in [-0.2, -0.15) is 0 Å². The first-order chi connectivity index (χ1) is 22.3. The summed E-state index contributed by atoms with van der Waals surface area (Å²) in [6.07, 6.45) is 9.85. The van der Waals surface area contributed by atoms with Gasteiger partial charge in [-0.25, -0.2) is 4.39 Å². The van der Waals surface area contributed by atoms with Crippen molar-refractivity contribution in [1.29, 1.82) is 0 Å². The summed E-state index contributed by atoms with van der Waals surface area (Å²) in [5.41, 5.74) is 4.53. The lowest BCUT2D eigenvalue weighted by atomic mass is 9.76. The van der Waals surface area contributed by atoms with E-state index in [1.165, 1.54) is 6.07 Å². The molecule has 6 heteroatoms. The van der Waals surface area contributed by atoms with Gasteiger partial charge in [0, 0.05) is 43.8 Å². The maximum atomic E-state index is 15.4. The molecule has 2 saturated carbocycles. The quantitative estimate of drug-likeness (QED) is 0.195. The Morgan fingerprint density at radius 3 is 2.40 bits per heavy atom. The van der Waals surface area contributed by atoms with Crippen LogP contribution in [0.1, 0.15) is 123 Å². The molecule has 2 aliphatic rings. The number of hydrogen-bond acceptors (Lipinski definition) is 4. The maximum absolute atomic E-state index is 15.4. The van der Waals surface area contributed by atoms with Crippen LogP contribution in [0.25, 0.3) is 16.7 Å². The molecule has 0 bridgehead atoms. The number of carbonyl (C=O) groups is 2. The predicted octanol–water partition coefficient (Wildman–Crippen LogP) is 10.7. The minimum absolute atomic E-state index is 0.0331. The fraction of sp³-hybridized carbons (Fsp3) is 0.561. The topological polar surface area (TPSA) is 66.8 Å². The van der Waals surface area contributed by atoms with Gasteiger partial charge in [0.25, 0.3) is 0 Å². The fourth-order valence-corrected chi connectivity index (χ4v) is 6.87. The number of carboxylic acid groups (broad SMARTS) is 1. The average Bonchev–Trinajstić information content (AvgIpc) is 3.43. The monoisotopic (exact) mass is 647 g/mol. The smallest absolute Gasteiger partial charge is 0.307 e. The third-order valence-electron chi connectivity index (χ3n) is 9.92. The van der Waals surface area contributed by atoms with E-state index in [1.807, 2.05) is 63.3 Å². The Morgan fingerprint density at radius 2 is 1.81 bits per heavy atom. The zero-order valence-electron chi connectivity index (χ0n) is 30.1. The first kappa shape index (κ1) is 38.0. The van der Waals surface area contributed by atoms with E-state index in [0.717, 1.165) is 79.2 Å². The second kappa shape index (κ2) is 17.1. The van der Waals surface area contributed by atoms with Gasteiger partial charge in [0.15, 0.2) is 0 Å². The SMILES string of the molecule is C=C(CC(=O)O)/C(=C\N(C)C)c1ccc(O[C@@H]2CC[C@@H](CC(=O)[C@@H](C)CC(C)(C)CC)C2)c(-c2cccc(F)c2C2CCC2)c1.CC. The average molecular weight is 648 g/mol. The van der Waals surface area contributed by atoms with Crippen LogP contribution in [-0.2, 0) is 9.59 Å². The second-order valence-electron chi connectivity index (χ2n) is 14.4. The van der Waals surface area contributed by atoms with Gasteiger partial charge < -0.3 is 14.7 Å². The van der Waals surface area contributed by atoms with E-state index in [-0.39, 0.29) is 35.6 Å². The molecule has 1 N–H and O–H groups in total. The molecule has 0 spiro atoms. The summed E-state index contributed by atoms with van der Waals surface area (Å²) in [7, 11) is 3.78. The predicted molar refractivity (Wildman–Crippen MR) is 192 cm³/mol. The number of ketones is 1. The van der Waals surface area contributed by atoms with Crippen molar-refractivity contribution in [3.8, 4) is 16.9 Å². The van der Waals surface area contributed by atoms with Gasteiger partial charge in [-0.3, -0.25) is 9.59 Å². The normalized spacial score (nSPS) is 18.9. The molecule has 2 aromatic rings. The van der Waals surface area contributed by atoms with Gasteiger partial charge in [-0.05, 0) is 96.2 Å². The highest BCUT2D eigenvalue weighted by Gasteiger charge is 2.32. The van der Waals surface area contributed by atoms with Gasteiger partial charge in [0.1, 0.15) is 17.3 Å². The number of allylic oxidation sites excluding steroid dienone is 1. The largest absolute Gasteiger partial charge is 0.490 e. The van der Waals surface area contributed by atoms with Crippen molar-refractivity contribution in [2.75, 3.05) is 14.1 Å². The molecule has 258 valence electrons. The maximum Gasteiger partial charge on any atom is 0.307 e. The molecule has 4 rings (SSSR count). The van der Waals surface area contributed by atoms with Crippen LogP contribution in [0.3, 0.4) is 0 Å². The van der Waals surface area contributed by atoms with Gasteiger partial charge >= 0.3 is 5.97 Å². The summed E-state index contributed by atoms with van der Waals surface area (Å²) < 4.78 is 22.2. The Labute approximate surface area is 283 Å². The summed E-state index contributed by atoms with van der Waals surface area (Å²) in [6, 6.07) is 11.1. The molecular weight excluding hydrogens is 589 g/mol. The molecule has 2 aromatic carbocycles. The summed E-state index contributed by atoms with van der Waals surface area (Å²) in [4.78, 5) is 26.6. The molecule has 5 nitrogen and oxygen atoms in total. The molecule has 3 atom stereocenters. The van der Waals surface area contributed by atoms with Crippen LogP contribution in [0.15, 0.2) is 54.8 Å². The van der Waals surface area contributed by atoms with Gasteiger partial charge in [-0.15, -0.1) is 0 Å². The van der Waals surface area contributed by atoms with E-state index in [4.69, 9.17) is 4.74 Å². The zero-order chi connectivity index (χ0) is 34.9. The van der Waals surface area contributed by atoms with Crippen LogP contribution in [0, 0.1) is 23.1 Å². The van der Waals surface area contributed by atoms with Crippen molar-refractivity contribution in [3.63, 3.8) is 0 Å². The van der Waals surface area contributed by atoms with Crippen LogP contribution in [0.2, 0.25) is 0 Å². The highest BCUT2D eigenvalue weighted by molar-refractivity contribution is 5.87. The molecule has 0 amide bonds. The van der Waals surface area contributed by atoms with E-state index in [0.29, 0.717) is 29.4 Å². The Bertz CT molecular complexity index is 1420. The number of benzene rings is 2. The molecule has 2 fully saturated rings. The molecule has 0 radical (unpaired) electrons. The van der Waals surface area contributed by atoms with Crippen molar-refractivity contribution in [1.82, 2.24) is 4.90 Å². The molecule has 0 aromatic heterocycles. The Balaban J connectivity index is 0.00000294. The minimum atomic E-state index is -0.944. The first-order valence-electron chi connectivity index (χ1n) is 17.7. The zero-order valence-corrected chi connectivity index (χ0v) is 30.1. The Morgan fingerprint density at radius 1 is 1.11 bits per heavy atom. The van der Waals surface area contributed by atoms with Crippen LogP contribution < -0.4 is 4.74 Å². The number of halogens is 1. The van der Waals surface area contributed by atoms with Crippen molar-refractivity contribution < 1.29 is 23.8 Å². The van der Waals surface area contributed by atoms with Crippen LogP contribution in [0.5, 0.6) is 5.75 Å². The molecular formula is C41H58FNO4. The van der Waals surface area contributed by atoms with Crippen molar-refractivity contribution >= 4 is 17.3 Å². The molecule has 47 heavy (non-hydrogen) atoms. The van der Waals surface area contributed by atoms with Crippen molar-refractivity contribution in [3.05, 3.63) is 71.7 Å². The highest BCUT2D eigenvalue weighted by Crippen LogP contribution is 2.46. The molecule has 0 aliphatic heterocycles. The Kier molecular flexibility index (Phi) is 13.9. The number of hydrogen-bond donors (Lipinski definition) is 1. The van der Waals surface area contributed by atoms with Gasteiger partial charge in [-0.1, -0.05) is 79.2 Å². The van der Waals surface area contributed by atoms with Crippen LogP contribution in [-0.4, -0.2) is 42.0 Å². The number of rotatable bonds is 15. The van der Waals surface area contributed by atoms with Gasteiger partial charge in [0.2, 0.25) is 0 Å². The molecule has 0 unspecified atom stereocenters. The molecule has 0 heterocycles. The summed E-state index contributed by atoms with van der Waals surface area (Å²) in [5.74, 6) is 0.404. The third kappa shape index (κ3) is 10.3. The van der Waals surface area contributed by atoms with E-state index >= 15 is 4.39 Å². The number of Topliss-reactive ketones (excluding diaryl/α,β-unsaturated/α-hetero) is 1. The number of carboxylic acids is 1.